The molecular formula is C20H17Cl2N3O4S. The van der Waals surface area contributed by atoms with E-state index in [0.717, 1.165) is 5.69 Å². The fourth-order valence-corrected chi connectivity index (χ4v) is 4.00. The minimum absolute atomic E-state index is 0.0190. The zero-order valence-corrected chi connectivity index (χ0v) is 17.8. The van der Waals surface area contributed by atoms with Gasteiger partial charge in [-0.25, -0.2) is 8.42 Å². The van der Waals surface area contributed by atoms with Crippen LogP contribution in [0.25, 0.3) is 0 Å². The summed E-state index contributed by atoms with van der Waals surface area (Å²) in [6.45, 7) is 0.0809. The highest BCUT2D eigenvalue weighted by atomic mass is 35.5. The number of anilines is 1. The quantitative estimate of drug-likeness (QED) is 0.525. The molecule has 0 unspecified atom stereocenters. The van der Waals surface area contributed by atoms with E-state index in [4.69, 9.17) is 27.9 Å². The van der Waals surface area contributed by atoms with E-state index < -0.39 is 10.0 Å². The molecule has 10 heteroatoms. The van der Waals surface area contributed by atoms with Gasteiger partial charge in [-0.1, -0.05) is 29.3 Å². The monoisotopic (exact) mass is 465 g/mol. The molecule has 0 atom stereocenters. The van der Waals surface area contributed by atoms with E-state index in [9.17, 15) is 13.2 Å². The number of ether oxygens (including phenoxy) is 1. The lowest BCUT2D eigenvalue weighted by Crippen LogP contribution is -2.28. The lowest BCUT2D eigenvalue weighted by atomic mass is 10.3. The van der Waals surface area contributed by atoms with Gasteiger partial charge in [-0.2, -0.15) is 0 Å². The molecule has 0 aliphatic carbocycles. The highest BCUT2D eigenvalue weighted by Gasteiger charge is 2.15. The number of carbonyl (C=O) groups excluding carboxylic acids is 1. The average molecular weight is 466 g/mol. The molecule has 0 saturated carbocycles. The molecular weight excluding hydrogens is 449 g/mol. The molecule has 3 rings (SSSR count). The summed E-state index contributed by atoms with van der Waals surface area (Å²) >= 11 is 11.8. The second-order valence-corrected chi connectivity index (χ2v) is 8.68. The molecule has 0 aliphatic heterocycles. The summed E-state index contributed by atoms with van der Waals surface area (Å²) in [4.78, 5) is 16.0. The minimum atomic E-state index is -3.84. The molecule has 156 valence electrons. The number of pyridine rings is 1. The Morgan fingerprint density at radius 1 is 1.00 bits per heavy atom. The van der Waals surface area contributed by atoms with Crippen LogP contribution in [-0.4, -0.2) is 25.9 Å². The Hall–Kier alpha value is -2.81. The number of sulfonamides is 1. The topological polar surface area (TPSA) is 97.4 Å². The predicted octanol–water partition coefficient (Wildman–Crippen LogP) is 3.88. The van der Waals surface area contributed by atoms with E-state index in [0.29, 0.717) is 22.3 Å². The van der Waals surface area contributed by atoms with Crippen LogP contribution in [0.1, 0.15) is 5.69 Å². The summed E-state index contributed by atoms with van der Waals surface area (Å²) in [5.74, 6) is 0.0320. The van der Waals surface area contributed by atoms with Gasteiger partial charge in [-0.15, -0.1) is 0 Å². The minimum Gasteiger partial charge on any atom is -0.484 e. The van der Waals surface area contributed by atoms with Crippen molar-refractivity contribution in [3.05, 3.63) is 82.6 Å². The number of carbonyl (C=O) groups is 1. The highest BCUT2D eigenvalue weighted by Crippen LogP contribution is 2.25. The number of halogens is 2. The van der Waals surface area contributed by atoms with Crippen molar-refractivity contribution in [3.8, 4) is 5.75 Å². The molecule has 1 heterocycles. The summed E-state index contributed by atoms with van der Waals surface area (Å²) in [6, 6.07) is 15.5. The maximum Gasteiger partial charge on any atom is 0.261 e. The van der Waals surface area contributed by atoms with Crippen molar-refractivity contribution in [2.45, 2.75) is 11.4 Å². The Labute approximate surface area is 184 Å². The number of aromatic nitrogens is 1. The first-order valence-electron chi connectivity index (χ1n) is 8.70. The van der Waals surface area contributed by atoms with Gasteiger partial charge in [0, 0.05) is 16.2 Å². The summed E-state index contributed by atoms with van der Waals surface area (Å²) in [7, 11) is -3.84. The van der Waals surface area contributed by atoms with Crippen LogP contribution >= 0.6 is 23.2 Å². The van der Waals surface area contributed by atoms with Crippen LogP contribution in [0.4, 0.5) is 5.69 Å². The van der Waals surface area contributed by atoms with E-state index in [2.05, 4.69) is 15.0 Å². The molecule has 0 saturated heterocycles. The Kier molecular flexibility index (Phi) is 7.15. The molecule has 1 amide bonds. The van der Waals surface area contributed by atoms with Crippen LogP contribution in [0.3, 0.4) is 0 Å². The van der Waals surface area contributed by atoms with Gasteiger partial charge in [0.1, 0.15) is 5.75 Å². The Morgan fingerprint density at radius 2 is 1.70 bits per heavy atom. The molecule has 0 aliphatic rings. The van der Waals surface area contributed by atoms with Crippen molar-refractivity contribution in [1.82, 2.24) is 10.3 Å². The number of hydrogen-bond acceptors (Lipinski definition) is 5. The lowest BCUT2D eigenvalue weighted by Gasteiger charge is -2.10. The summed E-state index contributed by atoms with van der Waals surface area (Å²) in [6.07, 6.45) is 1.64. The van der Waals surface area contributed by atoms with Crippen molar-refractivity contribution in [3.63, 3.8) is 0 Å². The van der Waals surface area contributed by atoms with Crippen molar-refractivity contribution in [1.29, 1.82) is 0 Å². The molecule has 30 heavy (non-hydrogen) atoms. The fraction of sp³-hybridized carbons (Fsp3) is 0.100. The van der Waals surface area contributed by atoms with Gasteiger partial charge in [-0.05, 0) is 54.6 Å². The summed E-state index contributed by atoms with van der Waals surface area (Å²) in [5.41, 5.74) is 0.978. The molecule has 3 aromatic rings. The van der Waals surface area contributed by atoms with E-state index in [1.807, 2.05) is 6.07 Å². The number of nitrogens with zero attached hydrogens (tertiary/aromatic N) is 1. The molecule has 0 bridgehead atoms. The number of hydrogen-bond donors (Lipinski definition) is 2. The van der Waals surface area contributed by atoms with Gasteiger partial charge in [-0.3, -0.25) is 14.5 Å². The molecule has 0 radical (unpaired) electrons. The Balaban J connectivity index is 1.55. The molecule has 7 nitrogen and oxygen atoms in total. The van der Waals surface area contributed by atoms with Crippen LogP contribution < -0.4 is 14.8 Å². The lowest BCUT2D eigenvalue weighted by molar-refractivity contribution is -0.123. The van der Waals surface area contributed by atoms with Gasteiger partial charge < -0.3 is 10.1 Å². The first-order valence-corrected chi connectivity index (χ1v) is 10.9. The third kappa shape index (κ3) is 6.35. The third-order valence-corrected chi connectivity index (χ3v) is 5.65. The van der Waals surface area contributed by atoms with Crippen LogP contribution in [0.2, 0.25) is 10.0 Å². The Morgan fingerprint density at radius 3 is 2.33 bits per heavy atom. The van der Waals surface area contributed by atoms with Crippen molar-refractivity contribution in [2.75, 3.05) is 11.3 Å². The molecule has 0 spiro atoms. The van der Waals surface area contributed by atoms with Gasteiger partial charge >= 0.3 is 0 Å². The maximum absolute atomic E-state index is 12.5. The van der Waals surface area contributed by atoms with E-state index in [1.54, 1.807) is 18.3 Å². The third-order valence-electron chi connectivity index (χ3n) is 3.81. The molecule has 0 fully saturated rings. The average Bonchev–Trinajstić information content (AvgIpc) is 2.70. The van der Waals surface area contributed by atoms with E-state index in [-0.39, 0.29) is 23.1 Å². The second-order valence-electron chi connectivity index (χ2n) is 6.12. The van der Waals surface area contributed by atoms with E-state index in [1.165, 1.54) is 42.5 Å². The number of amides is 1. The van der Waals surface area contributed by atoms with Crippen LogP contribution in [-0.2, 0) is 21.4 Å². The number of nitrogens with one attached hydrogen (secondary N) is 2. The zero-order valence-electron chi connectivity index (χ0n) is 15.5. The van der Waals surface area contributed by atoms with E-state index >= 15 is 0 Å². The van der Waals surface area contributed by atoms with Crippen molar-refractivity contribution in [2.24, 2.45) is 0 Å². The molecule has 1 aromatic heterocycles. The SMILES string of the molecule is O=C(COc1ccc(S(=O)(=O)Nc2cc(Cl)cc(Cl)c2)cc1)NCc1ccccn1. The van der Waals surface area contributed by atoms with Crippen molar-refractivity contribution < 1.29 is 17.9 Å². The first-order chi connectivity index (χ1) is 14.3. The number of rotatable bonds is 8. The number of benzene rings is 2. The van der Waals surface area contributed by atoms with Gasteiger partial charge in [0.2, 0.25) is 0 Å². The van der Waals surface area contributed by atoms with Gasteiger partial charge in [0.15, 0.2) is 6.61 Å². The van der Waals surface area contributed by atoms with Gasteiger partial charge in [0.25, 0.3) is 15.9 Å². The normalized spacial score (nSPS) is 11.0. The molecule has 2 aromatic carbocycles. The summed E-state index contributed by atoms with van der Waals surface area (Å²) < 4.78 is 32.8. The fourth-order valence-electron chi connectivity index (χ4n) is 2.43. The second kappa shape index (κ2) is 9.80. The standard InChI is InChI=1S/C20H17Cl2N3O4S/c21-14-9-15(22)11-17(10-14)25-30(27,28)19-6-4-18(5-7-19)29-13-20(26)24-12-16-3-1-2-8-23-16/h1-11,25H,12-13H2,(H,24,26). The largest absolute Gasteiger partial charge is 0.484 e. The zero-order chi connectivity index (χ0) is 21.6. The van der Waals surface area contributed by atoms with Crippen LogP contribution in [0, 0.1) is 0 Å². The van der Waals surface area contributed by atoms with Gasteiger partial charge in [0.05, 0.1) is 22.8 Å². The Bertz CT molecular complexity index is 1100. The van der Waals surface area contributed by atoms with Crippen LogP contribution in [0.5, 0.6) is 5.75 Å². The maximum atomic E-state index is 12.5. The molecule has 2 N–H and O–H groups in total. The van der Waals surface area contributed by atoms with Crippen LogP contribution in [0.15, 0.2) is 71.8 Å². The van der Waals surface area contributed by atoms with Crippen molar-refractivity contribution >= 4 is 44.8 Å². The highest BCUT2D eigenvalue weighted by molar-refractivity contribution is 7.92. The first kappa shape index (κ1) is 21.9. The predicted molar refractivity (Wildman–Crippen MR) is 115 cm³/mol. The summed E-state index contributed by atoms with van der Waals surface area (Å²) in [5, 5.41) is 3.31. The smallest absolute Gasteiger partial charge is 0.261 e.